The Labute approximate surface area is 143 Å². The van der Waals surface area contributed by atoms with E-state index in [1.807, 2.05) is 0 Å². The summed E-state index contributed by atoms with van der Waals surface area (Å²) in [5.74, 6) is -0.00242. The molecular formula is C15H15BrN2O4S. The van der Waals surface area contributed by atoms with E-state index in [1.54, 1.807) is 30.3 Å². The molecule has 2 N–H and O–H groups in total. The van der Waals surface area contributed by atoms with Gasteiger partial charge in [-0.3, -0.25) is 9.52 Å². The summed E-state index contributed by atoms with van der Waals surface area (Å²) in [6.45, 7) is 1.38. The summed E-state index contributed by atoms with van der Waals surface area (Å²) in [6.07, 6.45) is 0. The molecule has 2 aromatic rings. The van der Waals surface area contributed by atoms with Crippen LogP contribution in [-0.4, -0.2) is 21.4 Å². The van der Waals surface area contributed by atoms with Crippen LogP contribution in [0.3, 0.4) is 0 Å². The minimum atomic E-state index is -3.84. The zero-order valence-corrected chi connectivity index (χ0v) is 14.9. The molecule has 0 spiro atoms. The fourth-order valence-corrected chi connectivity index (χ4v) is 3.69. The minimum absolute atomic E-state index is 0.0132. The summed E-state index contributed by atoms with van der Waals surface area (Å²) in [7, 11) is -2.44. The van der Waals surface area contributed by atoms with E-state index in [-0.39, 0.29) is 16.6 Å². The maximum atomic E-state index is 12.6. The first-order valence-electron chi connectivity index (χ1n) is 6.56. The van der Waals surface area contributed by atoms with Crippen molar-refractivity contribution in [2.24, 2.45) is 0 Å². The van der Waals surface area contributed by atoms with Crippen molar-refractivity contribution in [2.45, 2.75) is 11.8 Å². The number of benzene rings is 2. The predicted molar refractivity (Wildman–Crippen MR) is 92.2 cm³/mol. The van der Waals surface area contributed by atoms with Gasteiger partial charge < -0.3 is 10.1 Å². The molecule has 8 heteroatoms. The Bertz CT molecular complexity index is 837. The van der Waals surface area contributed by atoms with Crippen molar-refractivity contribution in [3.63, 3.8) is 0 Å². The molecule has 0 radical (unpaired) electrons. The van der Waals surface area contributed by atoms with Gasteiger partial charge in [0, 0.05) is 17.1 Å². The molecular weight excluding hydrogens is 384 g/mol. The Balaban J connectivity index is 2.35. The average Bonchev–Trinajstić information content (AvgIpc) is 2.46. The third kappa shape index (κ3) is 4.46. The van der Waals surface area contributed by atoms with Gasteiger partial charge in [0.1, 0.15) is 10.6 Å². The van der Waals surface area contributed by atoms with E-state index in [9.17, 15) is 13.2 Å². The second-order valence-electron chi connectivity index (χ2n) is 4.66. The van der Waals surface area contributed by atoms with Gasteiger partial charge in [0.25, 0.3) is 10.0 Å². The number of rotatable bonds is 5. The van der Waals surface area contributed by atoms with Crippen molar-refractivity contribution in [2.75, 3.05) is 17.1 Å². The zero-order chi connectivity index (χ0) is 17.0. The highest BCUT2D eigenvalue weighted by molar-refractivity contribution is 9.10. The zero-order valence-electron chi connectivity index (χ0n) is 12.5. The Kier molecular flexibility index (Phi) is 5.27. The summed E-state index contributed by atoms with van der Waals surface area (Å²) < 4.78 is 33.3. The van der Waals surface area contributed by atoms with E-state index < -0.39 is 10.0 Å². The highest BCUT2D eigenvalue weighted by Gasteiger charge is 2.20. The molecule has 0 aliphatic rings. The van der Waals surface area contributed by atoms with Gasteiger partial charge in [-0.2, -0.15) is 0 Å². The summed E-state index contributed by atoms with van der Waals surface area (Å²) in [4.78, 5) is 11.1. The molecule has 0 atom stereocenters. The van der Waals surface area contributed by atoms with Gasteiger partial charge in [0.05, 0.1) is 12.8 Å². The molecule has 0 saturated heterocycles. The van der Waals surface area contributed by atoms with Crippen molar-refractivity contribution in [1.29, 1.82) is 0 Å². The van der Waals surface area contributed by atoms with E-state index in [2.05, 4.69) is 26.0 Å². The molecule has 0 bridgehead atoms. The average molecular weight is 399 g/mol. The standard InChI is InChI=1S/C15H15BrN2O4S/c1-10(19)17-12-4-3-5-13(9-12)18-23(20,21)15-8-11(16)6-7-14(15)22-2/h3-9,18H,1-2H3,(H,17,19). The molecule has 2 rings (SSSR count). The number of hydrogen-bond acceptors (Lipinski definition) is 4. The Morgan fingerprint density at radius 2 is 1.83 bits per heavy atom. The number of nitrogens with one attached hydrogen (secondary N) is 2. The van der Waals surface area contributed by atoms with E-state index in [4.69, 9.17) is 4.74 Å². The number of methoxy groups -OCH3 is 1. The molecule has 0 aliphatic heterocycles. The maximum Gasteiger partial charge on any atom is 0.265 e. The van der Waals surface area contributed by atoms with Gasteiger partial charge in [-0.05, 0) is 36.4 Å². The topological polar surface area (TPSA) is 84.5 Å². The van der Waals surface area contributed by atoms with Crippen molar-refractivity contribution < 1.29 is 17.9 Å². The largest absolute Gasteiger partial charge is 0.495 e. The molecule has 122 valence electrons. The number of amides is 1. The fraction of sp³-hybridized carbons (Fsp3) is 0.133. The van der Waals surface area contributed by atoms with E-state index in [1.165, 1.54) is 26.2 Å². The fourth-order valence-electron chi connectivity index (χ4n) is 1.93. The van der Waals surface area contributed by atoms with Gasteiger partial charge in [0.2, 0.25) is 5.91 Å². The number of carbonyl (C=O) groups is 1. The monoisotopic (exact) mass is 398 g/mol. The van der Waals surface area contributed by atoms with Crippen molar-refractivity contribution in [1.82, 2.24) is 0 Å². The second-order valence-corrected chi connectivity index (χ2v) is 7.23. The minimum Gasteiger partial charge on any atom is -0.495 e. The second kappa shape index (κ2) is 7.01. The number of anilines is 2. The van der Waals surface area contributed by atoms with Crippen molar-refractivity contribution in [3.05, 3.63) is 46.9 Å². The molecule has 1 amide bonds. The first kappa shape index (κ1) is 17.3. The van der Waals surface area contributed by atoms with Crippen LogP contribution < -0.4 is 14.8 Å². The summed E-state index contributed by atoms with van der Waals surface area (Å²) >= 11 is 3.25. The van der Waals surface area contributed by atoms with Crippen LogP contribution in [0.15, 0.2) is 51.8 Å². The summed E-state index contributed by atoms with van der Waals surface area (Å²) in [5, 5.41) is 2.60. The molecule has 0 aliphatic carbocycles. The van der Waals surface area contributed by atoms with Gasteiger partial charge in [-0.15, -0.1) is 0 Å². The Hall–Kier alpha value is -2.06. The molecule has 0 heterocycles. The van der Waals surface area contributed by atoms with Crippen LogP contribution >= 0.6 is 15.9 Å². The number of hydrogen-bond donors (Lipinski definition) is 2. The van der Waals surface area contributed by atoms with Crippen LogP contribution in [0, 0.1) is 0 Å². The first-order chi connectivity index (χ1) is 10.8. The van der Waals surface area contributed by atoms with E-state index in [0.717, 1.165) is 0 Å². The SMILES string of the molecule is COc1ccc(Br)cc1S(=O)(=O)Nc1cccc(NC(C)=O)c1. The van der Waals surface area contributed by atoms with E-state index >= 15 is 0 Å². The lowest BCUT2D eigenvalue weighted by atomic mass is 10.3. The quantitative estimate of drug-likeness (QED) is 0.809. The lowest BCUT2D eigenvalue weighted by Gasteiger charge is -2.13. The smallest absolute Gasteiger partial charge is 0.265 e. The number of carbonyl (C=O) groups excluding carboxylic acids is 1. The highest BCUT2D eigenvalue weighted by atomic mass is 79.9. The Morgan fingerprint density at radius 1 is 1.13 bits per heavy atom. The summed E-state index contributed by atoms with van der Waals surface area (Å²) in [6, 6.07) is 11.1. The first-order valence-corrected chi connectivity index (χ1v) is 8.83. The highest BCUT2D eigenvalue weighted by Crippen LogP contribution is 2.29. The molecule has 23 heavy (non-hydrogen) atoms. The number of sulfonamides is 1. The molecule has 2 aromatic carbocycles. The lowest BCUT2D eigenvalue weighted by molar-refractivity contribution is -0.114. The van der Waals surface area contributed by atoms with Crippen LogP contribution in [0.2, 0.25) is 0 Å². The van der Waals surface area contributed by atoms with Crippen LogP contribution in [0.25, 0.3) is 0 Å². The molecule has 0 fully saturated rings. The van der Waals surface area contributed by atoms with Gasteiger partial charge in [0.15, 0.2) is 0 Å². The van der Waals surface area contributed by atoms with Crippen LogP contribution in [-0.2, 0) is 14.8 Å². The summed E-state index contributed by atoms with van der Waals surface area (Å²) in [5.41, 5.74) is 0.831. The maximum absolute atomic E-state index is 12.6. The van der Waals surface area contributed by atoms with Gasteiger partial charge in [-0.25, -0.2) is 8.42 Å². The van der Waals surface area contributed by atoms with Gasteiger partial charge in [-0.1, -0.05) is 22.0 Å². The van der Waals surface area contributed by atoms with Gasteiger partial charge >= 0.3 is 0 Å². The van der Waals surface area contributed by atoms with Crippen LogP contribution in [0.4, 0.5) is 11.4 Å². The normalized spacial score (nSPS) is 10.9. The predicted octanol–water partition coefficient (Wildman–Crippen LogP) is 3.22. The van der Waals surface area contributed by atoms with Crippen LogP contribution in [0.5, 0.6) is 5.75 Å². The number of halogens is 1. The Morgan fingerprint density at radius 3 is 2.48 bits per heavy atom. The number of ether oxygens (including phenoxy) is 1. The van der Waals surface area contributed by atoms with Crippen LogP contribution in [0.1, 0.15) is 6.92 Å². The molecule has 0 aromatic heterocycles. The van der Waals surface area contributed by atoms with Crippen molar-refractivity contribution >= 4 is 43.2 Å². The molecule has 0 unspecified atom stereocenters. The molecule has 6 nitrogen and oxygen atoms in total. The lowest BCUT2D eigenvalue weighted by Crippen LogP contribution is -2.14. The molecule has 0 saturated carbocycles. The third-order valence-corrected chi connectivity index (χ3v) is 4.75. The van der Waals surface area contributed by atoms with Crippen molar-refractivity contribution in [3.8, 4) is 5.75 Å². The van der Waals surface area contributed by atoms with E-state index in [0.29, 0.717) is 15.8 Å². The third-order valence-electron chi connectivity index (χ3n) is 2.85.